The van der Waals surface area contributed by atoms with Crippen LogP contribution in [-0.2, 0) is 6.42 Å². The van der Waals surface area contributed by atoms with Crippen molar-refractivity contribution in [3.63, 3.8) is 0 Å². The van der Waals surface area contributed by atoms with Gasteiger partial charge in [-0.15, -0.1) is 0 Å². The number of allylic oxidation sites excluding steroid dienone is 1. The predicted octanol–water partition coefficient (Wildman–Crippen LogP) is 6.92. The van der Waals surface area contributed by atoms with Gasteiger partial charge in [0.05, 0.1) is 16.1 Å². The van der Waals surface area contributed by atoms with Gasteiger partial charge in [0.1, 0.15) is 0 Å². The first-order valence-corrected chi connectivity index (χ1v) is 17.9. The van der Waals surface area contributed by atoms with Gasteiger partial charge in [-0.25, -0.2) is 0 Å². The number of hydrogen-bond donors (Lipinski definition) is 0. The molecule has 2 heteroatoms. The molecule has 0 saturated carbocycles. The maximum atomic E-state index is 2.55. The minimum Gasteiger partial charge on any atom is -0.0656 e. The van der Waals surface area contributed by atoms with Crippen molar-refractivity contribution in [3.8, 4) is 11.1 Å². The first-order valence-electron chi connectivity index (χ1n) is 10.9. The van der Waals surface area contributed by atoms with E-state index in [9.17, 15) is 0 Å². The Morgan fingerprint density at radius 1 is 0.857 bits per heavy atom. The molecule has 2 aromatic rings. The molecule has 0 aromatic heterocycles. The second-order valence-corrected chi connectivity index (χ2v) is 21.0. The summed E-state index contributed by atoms with van der Waals surface area (Å²) in [6.07, 6.45) is 4.78. The van der Waals surface area contributed by atoms with E-state index >= 15 is 0 Å². The largest absolute Gasteiger partial charge is 0.0776 e. The van der Waals surface area contributed by atoms with Crippen LogP contribution in [-0.4, -0.2) is 16.1 Å². The summed E-state index contributed by atoms with van der Waals surface area (Å²) in [6.45, 7) is 21.8. The molecular weight excluding hydrogens is 368 g/mol. The summed E-state index contributed by atoms with van der Waals surface area (Å²) in [7, 11) is -2.78. The highest BCUT2D eigenvalue weighted by Crippen LogP contribution is 2.39. The van der Waals surface area contributed by atoms with Crippen molar-refractivity contribution in [1.82, 2.24) is 0 Å². The van der Waals surface area contributed by atoms with Crippen molar-refractivity contribution in [3.05, 3.63) is 52.6 Å². The van der Waals surface area contributed by atoms with Gasteiger partial charge in [-0.2, -0.15) is 0 Å². The van der Waals surface area contributed by atoms with E-state index in [1.54, 1.807) is 15.9 Å². The van der Waals surface area contributed by atoms with Gasteiger partial charge in [0, 0.05) is 0 Å². The molecule has 0 spiro atoms. The zero-order valence-corrected chi connectivity index (χ0v) is 21.5. The fourth-order valence-corrected chi connectivity index (χ4v) is 6.67. The normalized spacial score (nSPS) is 14.4. The minimum absolute atomic E-state index is 0.533. The number of hydrogen-bond acceptors (Lipinski definition) is 0. The van der Waals surface area contributed by atoms with Crippen LogP contribution in [0.5, 0.6) is 0 Å². The van der Waals surface area contributed by atoms with Crippen molar-refractivity contribution in [2.75, 3.05) is 0 Å². The summed E-state index contributed by atoms with van der Waals surface area (Å²) in [4.78, 5) is 0. The van der Waals surface area contributed by atoms with E-state index < -0.39 is 16.1 Å². The number of fused-ring (bicyclic) bond motifs is 1. The molecule has 0 amide bonds. The smallest absolute Gasteiger partial charge is 0.0656 e. The molecule has 0 N–H and O–H groups in total. The molecule has 0 atom stereocenters. The van der Waals surface area contributed by atoms with Gasteiger partial charge in [-0.3, -0.25) is 0 Å². The molecule has 0 radical (unpaired) electrons. The van der Waals surface area contributed by atoms with Crippen LogP contribution in [0.3, 0.4) is 0 Å². The summed E-state index contributed by atoms with van der Waals surface area (Å²) in [6, 6.07) is 12.4. The molecule has 0 fully saturated rings. The lowest BCUT2D eigenvalue weighted by Crippen LogP contribution is -2.45. The van der Waals surface area contributed by atoms with Crippen LogP contribution < -0.4 is 10.4 Å². The number of rotatable bonds is 5. The topological polar surface area (TPSA) is 0 Å². The zero-order valence-electron chi connectivity index (χ0n) is 19.5. The summed E-state index contributed by atoms with van der Waals surface area (Å²) in [5.74, 6) is 0.533. The maximum absolute atomic E-state index is 2.55. The van der Waals surface area contributed by atoms with Gasteiger partial charge in [0.2, 0.25) is 0 Å². The van der Waals surface area contributed by atoms with Gasteiger partial charge >= 0.3 is 0 Å². The van der Waals surface area contributed by atoms with Gasteiger partial charge in [-0.1, -0.05) is 112 Å². The third-order valence-corrected chi connectivity index (χ3v) is 10.2. The van der Waals surface area contributed by atoms with Crippen molar-refractivity contribution in [2.24, 2.45) is 0 Å². The van der Waals surface area contributed by atoms with E-state index in [0.717, 1.165) is 12.8 Å². The standard InChI is InChI=1S/C26H38Si2/c1-10-19-13-20-11-12-24(18(2)3)26(25(20)14-19)21-15-22(27(4,5)6)17-23(16-21)28(7,8)9/h11-12,14-18H,10,13H2,1-9H3. The van der Waals surface area contributed by atoms with Crippen LogP contribution in [0.15, 0.2) is 35.9 Å². The molecule has 2 aromatic carbocycles. The van der Waals surface area contributed by atoms with Gasteiger partial charge < -0.3 is 0 Å². The molecular formula is C26H38Si2. The molecule has 0 unspecified atom stereocenters. The quantitative estimate of drug-likeness (QED) is 0.473. The van der Waals surface area contributed by atoms with Gasteiger partial charge in [-0.05, 0) is 46.6 Å². The second kappa shape index (κ2) is 7.46. The highest BCUT2D eigenvalue weighted by atomic mass is 28.3. The lowest BCUT2D eigenvalue weighted by molar-refractivity contribution is 0.867. The molecule has 0 nitrogen and oxygen atoms in total. The average molecular weight is 407 g/mol. The van der Waals surface area contributed by atoms with Crippen LogP contribution in [0.2, 0.25) is 39.3 Å². The fraction of sp³-hybridized carbons (Fsp3) is 0.462. The summed E-state index contributed by atoms with van der Waals surface area (Å²) < 4.78 is 0. The van der Waals surface area contributed by atoms with Crippen LogP contribution >= 0.6 is 0 Å². The van der Waals surface area contributed by atoms with Crippen molar-refractivity contribution >= 4 is 32.6 Å². The molecule has 1 aliphatic carbocycles. The third kappa shape index (κ3) is 4.13. The lowest BCUT2D eigenvalue weighted by atomic mass is 9.87. The Kier molecular flexibility index (Phi) is 5.68. The fourth-order valence-electron chi connectivity index (χ4n) is 4.17. The minimum atomic E-state index is -1.39. The summed E-state index contributed by atoms with van der Waals surface area (Å²) in [5.41, 5.74) is 9.06. The van der Waals surface area contributed by atoms with E-state index in [1.165, 1.54) is 27.8 Å². The van der Waals surface area contributed by atoms with E-state index in [-0.39, 0.29) is 0 Å². The summed E-state index contributed by atoms with van der Waals surface area (Å²) in [5, 5.41) is 3.21. The molecule has 0 aliphatic heterocycles. The maximum Gasteiger partial charge on any atom is 0.0776 e. The Labute approximate surface area is 175 Å². The molecule has 0 saturated heterocycles. The first kappa shape index (κ1) is 21.3. The predicted molar refractivity (Wildman–Crippen MR) is 134 cm³/mol. The molecule has 3 rings (SSSR count). The zero-order chi connectivity index (χ0) is 20.9. The monoisotopic (exact) mass is 406 g/mol. The van der Waals surface area contributed by atoms with Gasteiger partial charge in [0.25, 0.3) is 0 Å². The Morgan fingerprint density at radius 2 is 1.43 bits per heavy atom. The van der Waals surface area contributed by atoms with Crippen LogP contribution in [0.1, 0.15) is 49.8 Å². The third-order valence-electron chi connectivity index (χ3n) is 6.16. The second-order valence-electron chi connectivity index (χ2n) is 10.9. The molecule has 0 heterocycles. The highest BCUT2D eigenvalue weighted by molar-refractivity contribution is 6.91. The van der Waals surface area contributed by atoms with Crippen molar-refractivity contribution in [2.45, 2.75) is 78.8 Å². The first-order chi connectivity index (χ1) is 12.9. The Bertz CT molecular complexity index is 886. The van der Waals surface area contributed by atoms with E-state index in [2.05, 4.69) is 96.5 Å². The molecule has 28 heavy (non-hydrogen) atoms. The van der Waals surface area contributed by atoms with Crippen LogP contribution in [0, 0.1) is 0 Å². The van der Waals surface area contributed by atoms with Crippen molar-refractivity contribution < 1.29 is 0 Å². The molecule has 1 aliphatic rings. The van der Waals surface area contributed by atoms with E-state index in [0.29, 0.717) is 5.92 Å². The Balaban J connectivity index is 2.35. The van der Waals surface area contributed by atoms with Crippen LogP contribution in [0.25, 0.3) is 17.2 Å². The van der Waals surface area contributed by atoms with E-state index in [4.69, 9.17) is 0 Å². The lowest BCUT2D eigenvalue weighted by Gasteiger charge is -2.26. The van der Waals surface area contributed by atoms with E-state index in [1.807, 2.05) is 0 Å². The molecule has 0 bridgehead atoms. The average Bonchev–Trinajstić information content (AvgIpc) is 3.02. The van der Waals surface area contributed by atoms with Crippen LogP contribution in [0.4, 0.5) is 0 Å². The Morgan fingerprint density at radius 3 is 1.89 bits per heavy atom. The SMILES string of the molecule is CCC1=Cc2c(ccc(C(C)C)c2-c2cc([Si](C)(C)C)cc([Si](C)(C)C)c2)C1. The number of benzene rings is 2. The van der Waals surface area contributed by atoms with Crippen molar-refractivity contribution in [1.29, 1.82) is 0 Å². The van der Waals surface area contributed by atoms with Gasteiger partial charge in [0.15, 0.2) is 0 Å². The molecule has 150 valence electrons. The highest BCUT2D eigenvalue weighted by Gasteiger charge is 2.26. The Hall–Kier alpha value is -1.39. The summed E-state index contributed by atoms with van der Waals surface area (Å²) >= 11 is 0.